The summed E-state index contributed by atoms with van der Waals surface area (Å²) in [6.07, 6.45) is 3.23. The normalized spacial score (nSPS) is 12.8. The summed E-state index contributed by atoms with van der Waals surface area (Å²) in [5.74, 6) is -1.69. The lowest BCUT2D eigenvalue weighted by atomic mass is 9.80. The lowest BCUT2D eigenvalue weighted by Crippen LogP contribution is -2.58. The number of hydrogen-bond donors (Lipinski definition) is 2. The third-order valence-electron chi connectivity index (χ3n) is 5.13. The van der Waals surface area contributed by atoms with Crippen LogP contribution in [0.1, 0.15) is 22.5 Å². The van der Waals surface area contributed by atoms with Gasteiger partial charge >= 0.3 is 5.97 Å². The molecule has 0 spiro atoms. The SMILES string of the molecule is Cc1ncccc1N(C(=O)CN)[C@@](Cc1ccccc1)(C(=O)O)c1cccnc1C. The van der Waals surface area contributed by atoms with E-state index < -0.39 is 17.4 Å². The fourth-order valence-corrected chi connectivity index (χ4v) is 3.75. The van der Waals surface area contributed by atoms with Crippen molar-refractivity contribution >= 4 is 17.6 Å². The minimum absolute atomic E-state index is 0.0375. The fraction of sp³-hybridized carbons (Fsp3) is 0.217. The maximum Gasteiger partial charge on any atom is 0.335 e. The Hall–Kier alpha value is -3.58. The van der Waals surface area contributed by atoms with Crippen molar-refractivity contribution in [1.29, 1.82) is 0 Å². The van der Waals surface area contributed by atoms with Gasteiger partial charge < -0.3 is 10.8 Å². The first-order chi connectivity index (χ1) is 14.4. The molecule has 0 fully saturated rings. The van der Waals surface area contributed by atoms with Gasteiger partial charge in [0, 0.05) is 30.1 Å². The van der Waals surface area contributed by atoms with Gasteiger partial charge in [-0.3, -0.25) is 19.7 Å². The Balaban J connectivity index is 2.38. The van der Waals surface area contributed by atoms with E-state index in [0.29, 0.717) is 22.6 Å². The molecule has 2 heterocycles. The van der Waals surface area contributed by atoms with Crippen molar-refractivity contribution in [3.8, 4) is 0 Å². The molecule has 0 bridgehead atoms. The number of anilines is 1. The number of amides is 1. The molecular weight excluding hydrogens is 380 g/mol. The Morgan fingerprint density at radius 2 is 1.60 bits per heavy atom. The number of carbonyl (C=O) groups excluding carboxylic acids is 1. The Labute approximate surface area is 175 Å². The van der Waals surface area contributed by atoms with E-state index in [1.807, 2.05) is 30.3 Å². The summed E-state index contributed by atoms with van der Waals surface area (Å²) in [6, 6.07) is 15.9. The summed E-state index contributed by atoms with van der Waals surface area (Å²) in [6.45, 7) is 3.12. The van der Waals surface area contributed by atoms with Crippen molar-refractivity contribution in [2.45, 2.75) is 25.8 Å². The molecule has 3 N–H and O–H groups in total. The molecule has 0 unspecified atom stereocenters. The molecule has 1 aromatic carbocycles. The van der Waals surface area contributed by atoms with E-state index in [1.54, 1.807) is 50.5 Å². The molecule has 1 atom stereocenters. The van der Waals surface area contributed by atoms with Gasteiger partial charge in [0.25, 0.3) is 0 Å². The smallest absolute Gasteiger partial charge is 0.335 e. The van der Waals surface area contributed by atoms with Gasteiger partial charge in [-0.05, 0) is 37.6 Å². The standard InChI is InChI=1S/C23H24N4O3/c1-16-19(10-6-12-25-16)23(22(29)30,14-18-8-4-3-5-9-18)27(21(28)15-24)20-11-7-13-26-17(20)2/h3-13H,14-15,24H2,1-2H3,(H,29,30)/t23-/m1/s1. The molecule has 7 heteroatoms. The van der Waals surface area contributed by atoms with Crippen LogP contribution in [0, 0.1) is 13.8 Å². The lowest BCUT2D eigenvalue weighted by molar-refractivity contribution is -0.145. The van der Waals surface area contributed by atoms with Crippen molar-refractivity contribution in [3.63, 3.8) is 0 Å². The van der Waals surface area contributed by atoms with Gasteiger partial charge in [0.05, 0.1) is 17.9 Å². The second-order valence-corrected chi connectivity index (χ2v) is 7.01. The second kappa shape index (κ2) is 8.84. The van der Waals surface area contributed by atoms with E-state index >= 15 is 0 Å². The van der Waals surface area contributed by atoms with Gasteiger partial charge in [-0.2, -0.15) is 0 Å². The lowest BCUT2D eigenvalue weighted by Gasteiger charge is -2.42. The zero-order chi connectivity index (χ0) is 21.7. The predicted octanol–water partition coefficient (Wildman–Crippen LogP) is 2.61. The Morgan fingerprint density at radius 1 is 0.967 bits per heavy atom. The van der Waals surface area contributed by atoms with Crippen LogP contribution in [-0.2, 0) is 21.5 Å². The maximum atomic E-state index is 13.2. The van der Waals surface area contributed by atoms with Gasteiger partial charge in [0.1, 0.15) is 0 Å². The number of rotatable bonds is 7. The predicted molar refractivity (Wildman–Crippen MR) is 114 cm³/mol. The zero-order valence-electron chi connectivity index (χ0n) is 16.9. The zero-order valence-corrected chi connectivity index (χ0v) is 16.9. The average Bonchev–Trinajstić information content (AvgIpc) is 2.75. The number of aryl methyl sites for hydroxylation is 2. The highest BCUT2D eigenvalue weighted by Crippen LogP contribution is 2.39. The molecule has 30 heavy (non-hydrogen) atoms. The summed E-state index contributed by atoms with van der Waals surface area (Å²) in [7, 11) is 0. The molecule has 0 saturated heterocycles. The van der Waals surface area contributed by atoms with Crippen molar-refractivity contribution in [1.82, 2.24) is 9.97 Å². The second-order valence-electron chi connectivity index (χ2n) is 7.01. The highest BCUT2D eigenvalue weighted by atomic mass is 16.4. The average molecular weight is 404 g/mol. The number of benzene rings is 1. The molecule has 0 saturated carbocycles. The van der Waals surface area contributed by atoms with Crippen LogP contribution < -0.4 is 10.6 Å². The van der Waals surface area contributed by atoms with Crippen molar-refractivity contribution < 1.29 is 14.7 Å². The Morgan fingerprint density at radius 3 is 2.17 bits per heavy atom. The topological polar surface area (TPSA) is 109 Å². The van der Waals surface area contributed by atoms with Crippen molar-refractivity contribution in [3.05, 3.63) is 89.5 Å². The molecule has 0 aliphatic carbocycles. The Bertz CT molecular complexity index is 1060. The summed E-state index contributed by atoms with van der Waals surface area (Å²) < 4.78 is 0. The summed E-state index contributed by atoms with van der Waals surface area (Å²) in [5.41, 5.74) is 6.62. The molecule has 0 aliphatic rings. The first kappa shape index (κ1) is 21.1. The third kappa shape index (κ3) is 3.79. The van der Waals surface area contributed by atoms with E-state index in [2.05, 4.69) is 9.97 Å². The van der Waals surface area contributed by atoms with Gasteiger partial charge in [-0.15, -0.1) is 0 Å². The first-order valence-electron chi connectivity index (χ1n) is 9.56. The number of aromatic nitrogens is 2. The number of nitrogens with zero attached hydrogens (tertiary/aromatic N) is 3. The number of carboxylic acids is 1. The van der Waals surface area contributed by atoms with Gasteiger partial charge in [-0.1, -0.05) is 36.4 Å². The molecular formula is C23H24N4O3. The first-order valence-corrected chi connectivity index (χ1v) is 9.56. The van der Waals surface area contributed by atoms with E-state index in [1.165, 1.54) is 4.90 Å². The molecule has 0 radical (unpaired) electrons. The van der Waals surface area contributed by atoms with Crippen LogP contribution in [0.25, 0.3) is 0 Å². The fourth-order valence-electron chi connectivity index (χ4n) is 3.75. The molecule has 3 aromatic rings. The van der Waals surface area contributed by atoms with E-state index in [0.717, 1.165) is 5.56 Å². The summed E-state index contributed by atoms with van der Waals surface area (Å²) >= 11 is 0. The van der Waals surface area contributed by atoms with Gasteiger partial charge in [-0.25, -0.2) is 4.79 Å². The quantitative estimate of drug-likeness (QED) is 0.626. The summed E-state index contributed by atoms with van der Waals surface area (Å²) in [4.78, 5) is 36.1. The number of carboxylic acid groups (broad SMARTS) is 1. The number of carbonyl (C=O) groups is 2. The van der Waals surface area contributed by atoms with Crippen LogP contribution in [0.3, 0.4) is 0 Å². The molecule has 154 valence electrons. The minimum Gasteiger partial charge on any atom is -0.479 e. The third-order valence-corrected chi connectivity index (χ3v) is 5.13. The van der Waals surface area contributed by atoms with Crippen LogP contribution in [0.5, 0.6) is 0 Å². The van der Waals surface area contributed by atoms with Crippen LogP contribution in [-0.4, -0.2) is 33.5 Å². The van der Waals surface area contributed by atoms with Gasteiger partial charge in [0.2, 0.25) is 5.91 Å². The largest absolute Gasteiger partial charge is 0.479 e. The molecule has 1 amide bonds. The molecule has 3 rings (SSSR count). The van der Waals surface area contributed by atoms with E-state index in [9.17, 15) is 14.7 Å². The van der Waals surface area contributed by atoms with Crippen LogP contribution in [0.15, 0.2) is 67.0 Å². The molecule has 0 aliphatic heterocycles. The van der Waals surface area contributed by atoms with Crippen molar-refractivity contribution in [2.75, 3.05) is 11.4 Å². The highest BCUT2D eigenvalue weighted by Gasteiger charge is 2.50. The number of hydrogen-bond acceptors (Lipinski definition) is 5. The number of pyridine rings is 2. The molecule has 7 nitrogen and oxygen atoms in total. The summed E-state index contributed by atoms with van der Waals surface area (Å²) in [5, 5.41) is 10.6. The van der Waals surface area contributed by atoms with Crippen LogP contribution >= 0.6 is 0 Å². The molecule has 2 aromatic heterocycles. The number of aliphatic carboxylic acids is 1. The van der Waals surface area contributed by atoms with Gasteiger partial charge in [0.15, 0.2) is 5.54 Å². The van der Waals surface area contributed by atoms with Crippen LogP contribution in [0.2, 0.25) is 0 Å². The minimum atomic E-state index is -1.76. The maximum absolute atomic E-state index is 13.2. The monoisotopic (exact) mass is 404 g/mol. The highest BCUT2D eigenvalue weighted by molar-refractivity contribution is 6.03. The van der Waals surface area contributed by atoms with E-state index in [4.69, 9.17) is 5.73 Å². The Kier molecular flexibility index (Phi) is 6.23. The van der Waals surface area contributed by atoms with E-state index in [-0.39, 0.29) is 13.0 Å². The van der Waals surface area contributed by atoms with Crippen LogP contribution in [0.4, 0.5) is 5.69 Å². The van der Waals surface area contributed by atoms with Crippen molar-refractivity contribution in [2.24, 2.45) is 5.73 Å². The number of nitrogens with two attached hydrogens (primary N) is 1.